The van der Waals surface area contributed by atoms with Gasteiger partial charge in [0, 0.05) is 10.9 Å². The van der Waals surface area contributed by atoms with Crippen LogP contribution in [-0.4, -0.2) is 22.5 Å². The fourth-order valence-corrected chi connectivity index (χ4v) is 4.37. The Bertz CT molecular complexity index is 424. The lowest BCUT2D eigenvalue weighted by Gasteiger charge is -2.24. The summed E-state index contributed by atoms with van der Waals surface area (Å²) in [6.07, 6.45) is 5.51. The molecule has 0 amide bonds. The van der Waals surface area contributed by atoms with Gasteiger partial charge in [0.05, 0.1) is 16.0 Å². The molecule has 1 aliphatic carbocycles. The van der Waals surface area contributed by atoms with Crippen LogP contribution in [0.4, 0.5) is 4.39 Å². The average molecular weight is 269 g/mol. The van der Waals surface area contributed by atoms with Crippen molar-refractivity contribution >= 4 is 10.8 Å². The van der Waals surface area contributed by atoms with Crippen molar-refractivity contribution in [3.8, 4) is 0 Å². The number of hydrogen-bond acceptors (Lipinski definition) is 2. The molecule has 1 aliphatic rings. The van der Waals surface area contributed by atoms with Crippen molar-refractivity contribution in [3.05, 3.63) is 30.1 Å². The van der Waals surface area contributed by atoms with Gasteiger partial charge in [-0.25, -0.2) is 4.39 Å². The summed E-state index contributed by atoms with van der Waals surface area (Å²) in [5.74, 6) is -0.310. The first-order chi connectivity index (χ1) is 8.72. The summed E-state index contributed by atoms with van der Waals surface area (Å²) >= 11 is 0. The van der Waals surface area contributed by atoms with Gasteiger partial charge >= 0.3 is 0 Å². The Hall–Kier alpha value is -0.740. The van der Waals surface area contributed by atoms with E-state index in [1.807, 2.05) is 7.05 Å². The van der Waals surface area contributed by atoms with Gasteiger partial charge in [-0.1, -0.05) is 25.3 Å². The number of nitrogens with one attached hydrogen (secondary N) is 1. The first kappa shape index (κ1) is 13.7. The number of hydrogen-bond donors (Lipinski definition) is 1. The van der Waals surface area contributed by atoms with Crippen LogP contribution in [-0.2, 0) is 10.8 Å². The van der Waals surface area contributed by atoms with Crippen molar-refractivity contribution in [2.45, 2.75) is 48.3 Å². The maximum Gasteiger partial charge on any atom is 0.124 e. The summed E-state index contributed by atoms with van der Waals surface area (Å²) in [4.78, 5) is 0.613. The van der Waals surface area contributed by atoms with Crippen LogP contribution in [0.2, 0.25) is 0 Å². The maximum absolute atomic E-state index is 13.2. The molecule has 3 atom stereocenters. The third-order valence-electron chi connectivity index (χ3n) is 3.63. The van der Waals surface area contributed by atoms with Gasteiger partial charge in [0.2, 0.25) is 0 Å². The molecule has 0 radical (unpaired) electrons. The van der Waals surface area contributed by atoms with Crippen LogP contribution in [0.3, 0.4) is 0 Å². The number of benzene rings is 1. The van der Waals surface area contributed by atoms with E-state index in [9.17, 15) is 8.60 Å². The highest BCUT2D eigenvalue weighted by atomic mass is 32.2. The lowest BCUT2D eigenvalue weighted by atomic mass is 10.1. The van der Waals surface area contributed by atoms with Crippen LogP contribution in [0.25, 0.3) is 0 Å². The summed E-state index contributed by atoms with van der Waals surface area (Å²) in [6, 6.07) is 6.46. The minimum absolute atomic E-state index is 0.0966. The zero-order valence-electron chi connectivity index (χ0n) is 10.7. The van der Waals surface area contributed by atoms with E-state index >= 15 is 0 Å². The summed E-state index contributed by atoms with van der Waals surface area (Å²) in [5, 5.41) is 3.37. The Morgan fingerprint density at radius 1 is 1.28 bits per heavy atom. The van der Waals surface area contributed by atoms with Crippen molar-refractivity contribution in [2.24, 2.45) is 0 Å². The van der Waals surface area contributed by atoms with E-state index in [2.05, 4.69) is 5.32 Å². The summed E-state index contributed by atoms with van der Waals surface area (Å²) in [6.45, 7) is 0. The summed E-state index contributed by atoms with van der Waals surface area (Å²) < 4.78 is 25.8. The first-order valence-electron chi connectivity index (χ1n) is 6.56. The molecule has 0 spiro atoms. The third kappa shape index (κ3) is 3.18. The molecule has 3 unspecified atom stereocenters. The average Bonchev–Trinajstić information content (AvgIpc) is 2.62. The van der Waals surface area contributed by atoms with E-state index in [1.54, 1.807) is 12.1 Å². The van der Waals surface area contributed by atoms with E-state index in [4.69, 9.17) is 0 Å². The second-order valence-corrected chi connectivity index (χ2v) is 6.50. The van der Waals surface area contributed by atoms with Crippen LogP contribution in [0, 0.1) is 5.82 Å². The van der Waals surface area contributed by atoms with Gasteiger partial charge in [-0.2, -0.15) is 0 Å². The molecular weight excluding hydrogens is 249 g/mol. The molecule has 100 valence electrons. The van der Waals surface area contributed by atoms with Crippen LogP contribution in [0.1, 0.15) is 32.1 Å². The Morgan fingerprint density at radius 2 is 2.06 bits per heavy atom. The molecule has 1 aromatic carbocycles. The molecule has 0 saturated heterocycles. The fourth-order valence-electron chi connectivity index (χ4n) is 2.63. The lowest BCUT2D eigenvalue weighted by molar-refractivity contribution is 0.499. The van der Waals surface area contributed by atoms with Gasteiger partial charge in [-0.3, -0.25) is 4.21 Å². The molecule has 18 heavy (non-hydrogen) atoms. The predicted molar refractivity (Wildman–Crippen MR) is 72.5 cm³/mol. The van der Waals surface area contributed by atoms with Gasteiger partial charge < -0.3 is 5.32 Å². The van der Waals surface area contributed by atoms with E-state index in [0.717, 1.165) is 19.3 Å². The standard InChI is InChI=1S/C14H20FNOS/c1-16-13-8-3-2-4-9-14(13)18(17)12-7-5-6-11(15)10-12/h5-7,10,13-14,16H,2-4,8-9H2,1H3. The Labute approximate surface area is 110 Å². The van der Waals surface area contributed by atoms with Crippen molar-refractivity contribution in [3.63, 3.8) is 0 Å². The van der Waals surface area contributed by atoms with Crippen molar-refractivity contribution in [1.82, 2.24) is 5.32 Å². The third-order valence-corrected chi connectivity index (χ3v) is 5.46. The van der Waals surface area contributed by atoms with Gasteiger partial charge in [0.1, 0.15) is 5.82 Å². The molecule has 1 fully saturated rings. The van der Waals surface area contributed by atoms with Crippen molar-refractivity contribution in [2.75, 3.05) is 7.05 Å². The molecule has 1 saturated carbocycles. The van der Waals surface area contributed by atoms with Crippen LogP contribution in [0.15, 0.2) is 29.2 Å². The normalized spacial score (nSPS) is 26.6. The second kappa shape index (κ2) is 6.43. The smallest absolute Gasteiger partial charge is 0.124 e. The Balaban J connectivity index is 2.19. The second-order valence-electron chi connectivity index (χ2n) is 4.83. The molecule has 0 heterocycles. The molecule has 2 rings (SSSR count). The highest BCUT2D eigenvalue weighted by Gasteiger charge is 2.28. The van der Waals surface area contributed by atoms with Crippen LogP contribution in [0.5, 0.6) is 0 Å². The number of rotatable bonds is 3. The van der Waals surface area contributed by atoms with Gasteiger partial charge in [-0.15, -0.1) is 0 Å². The zero-order valence-corrected chi connectivity index (χ0v) is 11.5. The van der Waals surface area contributed by atoms with E-state index in [-0.39, 0.29) is 17.1 Å². The van der Waals surface area contributed by atoms with Crippen molar-refractivity contribution in [1.29, 1.82) is 0 Å². The largest absolute Gasteiger partial charge is 0.316 e. The minimum atomic E-state index is -1.12. The SMILES string of the molecule is CNC1CCCCCC1S(=O)c1cccc(F)c1. The molecule has 0 bridgehead atoms. The minimum Gasteiger partial charge on any atom is -0.316 e. The van der Waals surface area contributed by atoms with E-state index < -0.39 is 10.8 Å². The number of halogens is 1. The van der Waals surface area contributed by atoms with Crippen molar-refractivity contribution < 1.29 is 8.60 Å². The quantitative estimate of drug-likeness (QED) is 0.855. The van der Waals surface area contributed by atoms with Crippen LogP contribution < -0.4 is 5.32 Å². The molecule has 1 N–H and O–H groups in total. The van der Waals surface area contributed by atoms with Gasteiger partial charge in [0.15, 0.2) is 0 Å². The Morgan fingerprint density at radius 3 is 2.78 bits per heavy atom. The van der Waals surface area contributed by atoms with Gasteiger partial charge in [-0.05, 0) is 38.1 Å². The highest BCUT2D eigenvalue weighted by Crippen LogP contribution is 2.25. The maximum atomic E-state index is 13.2. The van der Waals surface area contributed by atoms with E-state index in [1.165, 1.54) is 25.0 Å². The molecule has 1 aromatic rings. The fraction of sp³-hybridized carbons (Fsp3) is 0.571. The Kier molecular flexibility index (Phi) is 4.89. The highest BCUT2D eigenvalue weighted by molar-refractivity contribution is 7.85. The molecule has 0 aliphatic heterocycles. The summed E-state index contributed by atoms with van der Waals surface area (Å²) in [7, 11) is 0.799. The topological polar surface area (TPSA) is 29.1 Å². The molecule has 2 nitrogen and oxygen atoms in total. The molecule has 0 aromatic heterocycles. The van der Waals surface area contributed by atoms with Crippen LogP contribution >= 0.6 is 0 Å². The zero-order chi connectivity index (χ0) is 13.0. The molecular formula is C14H20FNOS. The molecule has 4 heteroatoms. The van der Waals surface area contributed by atoms with Gasteiger partial charge in [0.25, 0.3) is 0 Å². The summed E-state index contributed by atoms with van der Waals surface area (Å²) in [5.41, 5.74) is 0. The predicted octanol–water partition coefficient (Wildman–Crippen LogP) is 2.85. The lowest BCUT2D eigenvalue weighted by Crippen LogP contribution is -2.39. The monoisotopic (exact) mass is 269 g/mol. The first-order valence-corrected chi connectivity index (χ1v) is 7.77. The van der Waals surface area contributed by atoms with E-state index in [0.29, 0.717) is 4.90 Å².